The quantitative estimate of drug-likeness (QED) is 0.685. The fraction of sp³-hybridized carbons (Fsp3) is 0.261. The van der Waals surface area contributed by atoms with Gasteiger partial charge in [-0.3, -0.25) is 4.90 Å². The van der Waals surface area contributed by atoms with Crippen LogP contribution in [0.15, 0.2) is 72.1 Å². The Morgan fingerprint density at radius 1 is 0.893 bits per heavy atom. The number of carbonyl (C=O) groups is 1. The molecule has 0 atom stereocenters. The predicted molar refractivity (Wildman–Crippen MR) is 116 cm³/mol. The number of nitrogens with zero attached hydrogens (tertiary/aromatic N) is 2. The van der Waals surface area contributed by atoms with E-state index in [1.54, 1.807) is 11.3 Å². The van der Waals surface area contributed by atoms with Gasteiger partial charge in [-0.25, -0.2) is 4.79 Å². The van der Waals surface area contributed by atoms with E-state index < -0.39 is 0 Å². The van der Waals surface area contributed by atoms with Crippen LogP contribution in [0.5, 0.6) is 0 Å². The Morgan fingerprint density at radius 2 is 1.64 bits per heavy atom. The molecule has 1 aliphatic heterocycles. The Labute approximate surface area is 170 Å². The second-order valence-corrected chi connectivity index (χ2v) is 8.12. The van der Waals surface area contributed by atoms with E-state index in [-0.39, 0.29) is 6.03 Å². The number of para-hydroxylation sites is 1. The van der Waals surface area contributed by atoms with Crippen LogP contribution < -0.4 is 5.32 Å². The molecule has 0 saturated carbocycles. The van der Waals surface area contributed by atoms with Gasteiger partial charge in [0.15, 0.2) is 0 Å². The molecule has 2 aromatic carbocycles. The summed E-state index contributed by atoms with van der Waals surface area (Å²) < 4.78 is 0. The molecule has 28 heavy (non-hydrogen) atoms. The molecule has 3 aromatic rings. The molecule has 0 aliphatic carbocycles. The zero-order valence-corrected chi connectivity index (χ0v) is 16.7. The van der Waals surface area contributed by atoms with Gasteiger partial charge >= 0.3 is 6.03 Å². The summed E-state index contributed by atoms with van der Waals surface area (Å²) in [7, 11) is 0. The van der Waals surface area contributed by atoms with Crippen molar-refractivity contribution in [2.24, 2.45) is 0 Å². The zero-order valence-electron chi connectivity index (χ0n) is 15.9. The molecule has 2 heterocycles. The van der Waals surface area contributed by atoms with E-state index >= 15 is 0 Å². The molecule has 5 heteroatoms. The number of hydrogen-bond acceptors (Lipinski definition) is 3. The molecule has 1 N–H and O–H groups in total. The van der Waals surface area contributed by atoms with E-state index in [9.17, 15) is 4.79 Å². The number of amides is 2. The maximum Gasteiger partial charge on any atom is 0.321 e. The highest BCUT2D eigenvalue weighted by molar-refractivity contribution is 7.09. The minimum absolute atomic E-state index is 0.00344. The lowest BCUT2D eigenvalue weighted by Gasteiger charge is -2.34. The molecular weight excluding hydrogens is 366 g/mol. The van der Waals surface area contributed by atoms with Crippen LogP contribution in [0.1, 0.15) is 16.0 Å². The highest BCUT2D eigenvalue weighted by atomic mass is 32.1. The maximum absolute atomic E-state index is 12.8. The van der Waals surface area contributed by atoms with Crippen LogP contribution in [0, 0.1) is 0 Å². The summed E-state index contributed by atoms with van der Waals surface area (Å²) >= 11 is 1.79. The molecule has 2 amide bonds. The number of carbonyl (C=O) groups excluding carboxylic acids is 1. The first-order chi connectivity index (χ1) is 13.8. The van der Waals surface area contributed by atoms with Gasteiger partial charge in [0.1, 0.15) is 0 Å². The first-order valence-corrected chi connectivity index (χ1v) is 10.6. The molecule has 1 aliphatic rings. The molecule has 144 valence electrons. The Kier molecular flexibility index (Phi) is 6.04. The van der Waals surface area contributed by atoms with Gasteiger partial charge < -0.3 is 10.2 Å². The molecular formula is C23H25N3OS. The first-order valence-electron chi connectivity index (χ1n) is 9.70. The smallest absolute Gasteiger partial charge is 0.321 e. The van der Waals surface area contributed by atoms with E-state index in [1.165, 1.54) is 10.4 Å². The van der Waals surface area contributed by atoms with Gasteiger partial charge in [0.05, 0.1) is 0 Å². The molecule has 1 aromatic heterocycles. The molecule has 1 fully saturated rings. The Bertz CT molecular complexity index is 887. The fourth-order valence-electron chi connectivity index (χ4n) is 3.54. The molecule has 0 spiro atoms. The third-order valence-electron chi connectivity index (χ3n) is 5.12. The minimum atomic E-state index is -0.00344. The maximum atomic E-state index is 12.8. The van der Waals surface area contributed by atoms with Crippen molar-refractivity contribution in [3.63, 3.8) is 0 Å². The number of urea groups is 1. The number of thiophene rings is 1. The standard InChI is InChI=1S/C23H25N3OS/c27-23(26-14-12-25(13-15-26)18-21-10-6-16-28-21)24-22-11-5-4-9-20(22)17-19-7-2-1-3-8-19/h1-11,16H,12-15,17-18H2,(H,24,27). The lowest BCUT2D eigenvalue weighted by molar-refractivity contribution is 0.143. The topological polar surface area (TPSA) is 35.6 Å². The normalized spacial score (nSPS) is 14.8. The van der Waals surface area contributed by atoms with Crippen LogP contribution in [0.4, 0.5) is 10.5 Å². The highest BCUT2D eigenvalue weighted by Crippen LogP contribution is 2.20. The minimum Gasteiger partial charge on any atom is -0.322 e. The Hall–Kier alpha value is -2.63. The Balaban J connectivity index is 1.34. The molecule has 4 nitrogen and oxygen atoms in total. The third kappa shape index (κ3) is 4.80. The van der Waals surface area contributed by atoms with E-state index in [0.29, 0.717) is 0 Å². The summed E-state index contributed by atoms with van der Waals surface area (Å²) in [5.74, 6) is 0. The van der Waals surface area contributed by atoms with Crippen LogP contribution >= 0.6 is 11.3 Å². The summed E-state index contributed by atoms with van der Waals surface area (Å²) in [4.78, 5) is 18.5. The van der Waals surface area contributed by atoms with Crippen molar-refractivity contribution in [1.82, 2.24) is 9.80 Å². The van der Waals surface area contributed by atoms with Gasteiger partial charge in [0, 0.05) is 43.3 Å². The van der Waals surface area contributed by atoms with E-state index in [0.717, 1.165) is 50.4 Å². The lowest BCUT2D eigenvalue weighted by Crippen LogP contribution is -2.49. The van der Waals surface area contributed by atoms with Crippen LogP contribution in [-0.4, -0.2) is 42.0 Å². The lowest BCUT2D eigenvalue weighted by atomic mass is 10.0. The van der Waals surface area contributed by atoms with Gasteiger partial charge in [-0.05, 0) is 35.1 Å². The largest absolute Gasteiger partial charge is 0.322 e. The number of anilines is 1. The highest BCUT2D eigenvalue weighted by Gasteiger charge is 2.21. The second-order valence-electron chi connectivity index (χ2n) is 7.09. The summed E-state index contributed by atoms with van der Waals surface area (Å²) in [5, 5.41) is 5.25. The zero-order chi connectivity index (χ0) is 19.2. The molecule has 0 bridgehead atoms. The monoisotopic (exact) mass is 391 g/mol. The van der Waals surface area contributed by atoms with Crippen LogP contribution in [0.2, 0.25) is 0 Å². The average molecular weight is 392 g/mol. The predicted octanol–water partition coefficient (Wildman–Crippen LogP) is 4.69. The van der Waals surface area contributed by atoms with Crippen molar-refractivity contribution in [1.29, 1.82) is 0 Å². The van der Waals surface area contributed by atoms with E-state index in [4.69, 9.17) is 0 Å². The van der Waals surface area contributed by atoms with Crippen molar-refractivity contribution >= 4 is 23.1 Å². The van der Waals surface area contributed by atoms with E-state index in [1.807, 2.05) is 41.3 Å². The number of benzene rings is 2. The van der Waals surface area contributed by atoms with Crippen molar-refractivity contribution in [3.8, 4) is 0 Å². The summed E-state index contributed by atoms with van der Waals surface area (Å²) in [6.45, 7) is 4.33. The van der Waals surface area contributed by atoms with Gasteiger partial charge in [0.25, 0.3) is 0 Å². The SMILES string of the molecule is O=C(Nc1ccccc1Cc1ccccc1)N1CCN(Cc2cccs2)CC1. The number of piperazine rings is 1. The third-order valence-corrected chi connectivity index (χ3v) is 5.98. The van der Waals surface area contributed by atoms with E-state index in [2.05, 4.69) is 45.9 Å². The van der Waals surface area contributed by atoms with Crippen LogP contribution in [-0.2, 0) is 13.0 Å². The molecule has 0 unspecified atom stereocenters. The van der Waals surface area contributed by atoms with Crippen molar-refractivity contribution < 1.29 is 4.79 Å². The van der Waals surface area contributed by atoms with Crippen LogP contribution in [0.25, 0.3) is 0 Å². The number of hydrogen-bond donors (Lipinski definition) is 1. The van der Waals surface area contributed by atoms with Gasteiger partial charge in [-0.1, -0.05) is 54.6 Å². The Morgan fingerprint density at radius 3 is 2.39 bits per heavy atom. The average Bonchev–Trinajstić information content (AvgIpc) is 3.24. The second kappa shape index (κ2) is 9.04. The fourth-order valence-corrected chi connectivity index (χ4v) is 4.28. The summed E-state index contributed by atoms with van der Waals surface area (Å²) in [5.41, 5.74) is 3.28. The van der Waals surface area contributed by atoms with Crippen molar-refractivity contribution in [2.75, 3.05) is 31.5 Å². The summed E-state index contributed by atoms with van der Waals surface area (Å²) in [6, 6.07) is 22.7. The number of nitrogens with one attached hydrogen (secondary N) is 1. The summed E-state index contributed by atoms with van der Waals surface area (Å²) in [6.07, 6.45) is 0.811. The number of rotatable bonds is 5. The molecule has 4 rings (SSSR count). The van der Waals surface area contributed by atoms with Crippen molar-refractivity contribution in [3.05, 3.63) is 88.1 Å². The molecule has 0 radical (unpaired) electrons. The first kappa shape index (κ1) is 18.7. The van der Waals surface area contributed by atoms with Crippen molar-refractivity contribution in [2.45, 2.75) is 13.0 Å². The van der Waals surface area contributed by atoms with Gasteiger partial charge in [-0.15, -0.1) is 11.3 Å². The van der Waals surface area contributed by atoms with Crippen LogP contribution in [0.3, 0.4) is 0 Å². The molecule has 1 saturated heterocycles. The van der Waals surface area contributed by atoms with Gasteiger partial charge in [0.2, 0.25) is 0 Å². The van der Waals surface area contributed by atoms with Gasteiger partial charge in [-0.2, -0.15) is 0 Å².